The lowest BCUT2D eigenvalue weighted by Gasteiger charge is -2.13. The van der Waals surface area contributed by atoms with Crippen LogP contribution in [0.1, 0.15) is 34.8 Å². The summed E-state index contributed by atoms with van der Waals surface area (Å²) in [7, 11) is 2.66. The number of fused-ring (bicyclic) bond motifs is 1. The van der Waals surface area contributed by atoms with Crippen molar-refractivity contribution in [2.75, 3.05) is 12.4 Å². The van der Waals surface area contributed by atoms with Crippen LogP contribution in [0.5, 0.6) is 0 Å². The second-order valence-electron chi connectivity index (χ2n) is 7.35. The molecule has 160 valence electrons. The van der Waals surface area contributed by atoms with E-state index in [0.29, 0.717) is 16.4 Å². The highest BCUT2D eigenvalue weighted by Crippen LogP contribution is 2.39. The second kappa shape index (κ2) is 7.99. The fourth-order valence-corrected chi connectivity index (χ4v) is 3.60. The van der Waals surface area contributed by atoms with Crippen molar-refractivity contribution in [3.05, 3.63) is 67.4 Å². The Kier molecular flexibility index (Phi) is 5.36. The largest absolute Gasteiger partial charge is 0.465 e. The lowest BCUT2D eigenvalue weighted by molar-refractivity contribution is -0.116. The number of nitrogens with one attached hydrogen (secondary N) is 1. The first-order valence-electron chi connectivity index (χ1n) is 9.58. The molecule has 0 atom stereocenters. The van der Waals surface area contributed by atoms with Crippen molar-refractivity contribution >= 4 is 40.2 Å². The van der Waals surface area contributed by atoms with Gasteiger partial charge in [0.15, 0.2) is 0 Å². The average Bonchev–Trinajstić information content (AvgIpc) is 3.59. The van der Waals surface area contributed by atoms with Crippen LogP contribution in [0.2, 0.25) is 5.02 Å². The van der Waals surface area contributed by atoms with Crippen molar-refractivity contribution in [1.29, 1.82) is 0 Å². The zero-order chi connectivity index (χ0) is 22.3. The number of aromatic nitrogens is 3. The standard InChI is InChI=1S/C21H19ClN4O5/c1-25-18-17(14(20(29)31-2)9-15(24-18)11-6-7-11)19(28)26(21(25)30)10-16(27)23-13-5-3-4-12(22)8-13/h3-5,8-9,11H,6-7,10H2,1-2H3,(H,23,27). The predicted molar refractivity (Wildman–Crippen MR) is 115 cm³/mol. The summed E-state index contributed by atoms with van der Waals surface area (Å²) in [5, 5.41) is 2.96. The molecular formula is C21H19ClN4O5. The number of hydrogen-bond donors (Lipinski definition) is 1. The topological polar surface area (TPSA) is 112 Å². The summed E-state index contributed by atoms with van der Waals surface area (Å²) in [6.45, 7) is -0.543. The maximum atomic E-state index is 13.2. The Hall–Kier alpha value is -3.46. The maximum Gasteiger partial charge on any atom is 0.338 e. The number of carbonyl (C=O) groups excluding carboxylic acids is 2. The normalized spacial score (nSPS) is 13.3. The molecule has 10 heteroatoms. The van der Waals surface area contributed by atoms with E-state index in [1.807, 2.05) is 0 Å². The Balaban J connectivity index is 1.82. The molecule has 0 aliphatic heterocycles. The number of carbonyl (C=O) groups is 2. The summed E-state index contributed by atoms with van der Waals surface area (Å²) in [4.78, 5) is 55.4. The monoisotopic (exact) mass is 442 g/mol. The van der Waals surface area contributed by atoms with Gasteiger partial charge < -0.3 is 10.1 Å². The number of aryl methyl sites for hydroxylation is 1. The average molecular weight is 443 g/mol. The van der Waals surface area contributed by atoms with Crippen LogP contribution in [0, 0.1) is 0 Å². The minimum absolute atomic E-state index is 0.0269. The molecule has 2 aromatic heterocycles. The second-order valence-corrected chi connectivity index (χ2v) is 7.79. The van der Waals surface area contributed by atoms with Crippen LogP contribution < -0.4 is 16.6 Å². The first kappa shape index (κ1) is 20.8. The zero-order valence-corrected chi connectivity index (χ0v) is 17.6. The molecule has 1 amide bonds. The van der Waals surface area contributed by atoms with E-state index in [4.69, 9.17) is 16.3 Å². The van der Waals surface area contributed by atoms with Gasteiger partial charge in [-0.05, 0) is 37.1 Å². The highest BCUT2D eigenvalue weighted by molar-refractivity contribution is 6.30. The number of halogens is 1. The third kappa shape index (κ3) is 3.96. The van der Waals surface area contributed by atoms with E-state index in [0.717, 1.165) is 17.4 Å². The minimum Gasteiger partial charge on any atom is -0.465 e. The molecule has 1 N–H and O–H groups in total. The van der Waals surface area contributed by atoms with Crippen molar-refractivity contribution < 1.29 is 14.3 Å². The van der Waals surface area contributed by atoms with Crippen molar-refractivity contribution in [2.45, 2.75) is 25.3 Å². The number of pyridine rings is 1. The van der Waals surface area contributed by atoms with Gasteiger partial charge >= 0.3 is 11.7 Å². The molecule has 0 radical (unpaired) electrons. The highest BCUT2D eigenvalue weighted by atomic mass is 35.5. The van der Waals surface area contributed by atoms with Crippen LogP contribution in [0.3, 0.4) is 0 Å². The summed E-state index contributed by atoms with van der Waals surface area (Å²) in [5.74, 6) is -1.11. The third-order valence-corrected chi connectivity index (χ3v) is 5.36. The lowest BCUT2D eigenvalue weighted by Crippen LogP contribution is -2.42. The van der Waals surface area contributed by atoms with Gasteiger partial charge in [0, 0.05) is 29.4 Å². The summed E-state index contributed by atoms with van der Waals surface area (Å²) >= 11 is 5.91. The fraction of sp³-hybridized carbons (Fsp3) is 0.286. The number of hydrogen-bond acceptors (Lipinski definition) is 6. The third-order valence-electron chi connectivity index (χ3n) is 5.13. The molecule has 1 saturated carbocycles. The fourth-order valence-electron chi connectivity index (χ4n) is 3.41. The van der Waals surface area contributed by atoms with Crippen LogP contribution in [0.4, 0.5) is 5.69 Å². The molecule has 0 unspecified atom stereocenters. The van der Waals surface area contributed by atoms with E-state index in [9.17, 15) is 19.2 Å². The molecule has 2 heterocycles. The molecule has 1 aliphatic carbocycles. The Morgan fingerprint density at radius 3 is 2.65 bits per heavy atom. The number of ether oxygens (including phenoxy) is 1. The molecule has 1 aliphatic rings. The first-order valence-corrected chi connectivity index (χ1v) is 9.96. The molecule has 0 saturated heterocycles. The maximum absolute atomic E-state index is 13.2. The number of nitrogens with zero attached hydrogens (tertiary/aromatic N) is 3. The minimum atomic E-state index is -0.783. The van der Waals surface area contributed by atoms with E-state index < -0.39 is 29.7 Å². The van der Waals surface area contributed by atoms with Crippen molar-refractivity contribution in [2.24, 2.45) is 7.05 Å². The predicted octanol–water partition coefficient (Wildman–Crippen LogP) is 2.05. The van der Waals surface area contributed by atoms with Crippen LogP contribution in [-0.4, -0.2) is 33.1 Å². The van der Waals surface area contributed by atoms with Crippen molar-refractivity contribution in [3.63, 3.8) is 0 Å². The number of benzene rings is 1. The van der Waals surface area contributed by atoms with Gasteiger partial charge in [-0.1, -0.05) is 17.7 Å². The Bertz CT molecular complexity index is 1340. The molecule has 9 nitrogen and oxygen atoms in total. The van der Waals surface area contributed by atoms with E-state index in [-0.39, 0.29) is 22.5 Å². The van der Waals surface area contributed by atoms with Gasteiger partial charge in [-0.2, -0.15) is 0 Å². The Morgan fingerprint density at radius 2 is 2.00 bits per heavy atom. The van der Waals surface area contributed by atoms with Crippen LogP contribution in [-0.2, 0) is 23.1 Å². The summed E-state index contributed by atoms with van der Waals surface area (Å²) in [6, 6.07) is 8.01. The van der Waals surface area contributed by atoms with Crippen LogP contribution in [0.25, 0.3) is 11.0 Å². The van der Waals surface area contributed by atoms with Gasteiger partial charge in [0.25, 0.3) is 5.56 Å². The summed E-state index contributed by atoms with van der Waals surface area (Å²) in [5.41, 5.74) is -0.317. The number of methoxy groups -OCH3 is 1. The summed E-state index contributed by atoms with van der Waals surface area (Å²) < 4.78 is 6.78. The van der Waals surface area contributed by atoms with Crippen molar-refractivity contribution in [1.82, 2.24) is 14.1 Å². The number of esters is 1. The smallest absolute Gasteiger partial charge is 0.338 e. The number of rotatable bonds is 5. The van der Waals surface area contributed by atoms with Gasteiger partial charge in [-0.25, -0.2) is 14.6 Å². The molecule has 0 spiro atoms. The van der Waals surface area contributed by atoms with E-state index >= 15 is 0 Å². The molecular weight excluding hydrogens is 424 g/mol. The summed E-state index contributed by atoms with van der Waals surface area (Å²) in [6.07, 6.45) is 1.85. The lowest BCUT2D eigenvalue weighted by atomic mass is 10.1. The SMILES string of the molecule is COC(=O)c1cc(C2CC2)nc2c1c(=O)n(CC(=O)Nc1cccc(Cl)c1)c(=O)n2C. The van der Waals surface area contributed by atoms with E-state index in [1.54, 1.807) is 24.3 Å². The molecule has 1 aromatic carbocycles. The van der Waals surface area contributed by atoms with Gasteiger partial charge in [-0.3, -0.25) is 18.7 Å². The first-order chi connectivity index (χ1) is 14.8. The van der Waals surface area contributed by atoms with Gasteiger partial charge in [0.05, 0.1) is 18.1 Å². The Labute approximate surface area is 181 Å². The van der Waals surface area contributed by atoms with Crippen LogP contribution >= 0.6 is 11.6 Å². The van der Waals surface area contributed by atoms with Gasteiger partial charge in [0.1, 0.15) is 12.2 Å². The number of anilines is 1. The van der Waals surface area contributed by atoms with Gasteiger partial charge in [-0.15, -0.1) is 0 Å². The highest BCUT2D eigenvalue weighted by Gasteiger charge is 2.29. The molecule has 4 rings (SSSR count). The molecule has 31 heavy (non-hydrogen) atoms. The zero-order valence-electron chi connectivity index (χ0n) is 16.8. The Morgan fingerprint density at radius 1 is 1.26 bits per heavy atom. The molecule has 3 aromatic rings. The number of amides is 1. The van der Waals surface area contributed by atoms with Crippen molar-refractivity contribution in [3.8, 4) is 0 Å². The molecule has 0 bridgehead atoms. The van der Waals surface area contributed by atoms with Gasteiger partial charge in [0.2, 0.25) is 5.91 Å². The van der Waals surface area contributed by atoms with E-state index in [1.165, 1.54) is 24.8 Å². The quantitative estimate of drug-likeness (QED) is 0.605. The molecule has 1 fully saturated rings. The van der Waals surface area contributed by atoms with Crippen LogP contribution in [0.15, 0.2) is 39.9 Å². The van der Waals surface area contributed by atoms with E-state index in [2.05, 4.69) is 10.3 Å².